The van der Waals surface area contributed by atoms with Gasteiger partial charge in [-0.25, -0.2) is 0 Å². The molecule has 0 saturated carbocycles. The number of carbonyl (C=O) groups excluding carboxylic acids is 5. The van der Waals surface area contributed by atoms with Gasteiger partial charge in [-0.15, -0.1) is 0 Å². The third-order valence-electron chi connectivity index (χ3n) is 3.38. The van der Waals surface area contributed by atoms with Gasteiger partial charge >= 0.3 is 69.3 Å². The van der Waals surface area contributed by atoms with E-state index in [1.54, 1.807) is 20.8 Å². The van der Waals surface area contributed by atoms with Gasteiger partial charge in [0.05, 0.1) is 25.9 Å². The topological polar surface area (TPSA) is 139 Å². The molecule has 0 aromatic heterocycles. The number of hydrogen-bond donors (Lipinski definition) is 0. The van der Waals surface area contributed by atoms with E-state index in [1.807, 2.05) is 0 Å². The summed E-state index contributed by atoms with van der Waals surface area (Å²) in [6.07, 6.45) is -0.955. The molecule has 1 heterocycles. The average molecular weight is 427 g/mol. The molecule has 1 aliphatic heterocycles. The Morgan fingerprint density at radius 1 is 0.857 bits per heavy atom. The molecule has 1 atom stereocenters. The van der Waals surface area contributed by atoms with Gasteiger partial charge in [0.25, 0.3) is 0 Å². The first kappa shape index (κ1) is 29.2. The van der Waals surface area contributed by atoms with Gasteiger partial charge in [-0.1, -0.05) is 0 Å². The van der Waals surface area contributed by atoms with E-state index in [-0.39, 0.29) is 84.0 Å². The maximum atomic E-state index is 11.6. The first-order chi connectivity index (χ1) is 12.8. The van der Waals surface area contributed by atoms with Gasteiger partial charge < -0.3 is 29.0 Å². The summed E-state index contributed by atoms with van der Waals surface area (Å²) in [5.74, 6) is -2.10. The quantitative estimate of drug-likeness (QED) is 0.170. The Labute approximate surface area is 206 Å². The van der Waals surface area contributed by atoms with E-state index >= 15 is 0 Å². The number of rotatable bonds is 8. The predicted octanol–water partition coefficient (Wildman–Crippen LogP) is -3.18. The minimum atomic E-state index is -1.36. The molecule has 0 bridgehead atoms. The Bertz CT molecular complexity index is 523. The van der Waals surface area contributed by atoms with Crippen molar-refractivity contribution in [1.82, 2.24) is 4.90 Å². The van der Waals surface area contributed by atoms with Crippen LogP contribution in [0, 0.1) is 0 Å². The van der Waals surface area contributed by atoms with Crippen molar-refractivity contribution in [3.05, 3.63) is 0 Å². The van der Waals surface area contributed by atoms with Crippen LogP contribution in [0.2, 0.25) is 0 Å². The summed E-state index contributed by atoms with van der Waals surface area (Å²) in [7, 11) is 0. The molecule has 1 rings (SSSR count). The van der Waals surface area contributed by atoms with Crippen LogP contribution in [0.4, 0.5) is 4.79 Å². The van der Waals surface area contributed by atoms with Gasteiger partial charge in [0.15, 0.2) is 5.78 Å². The SMILES string of the molecule is CCOC(=O)CC(=O)OCC.CCOC(=O)CC(=O)[C@@H]1CCCN1C(=O)[O-].[K+]. The molecule has 10 nitrogen and oxygen atoms in total. The van der Waals surface area contributed by atoms with Crippen molar-refractivity contribution in [2.75, 3.05) is 26.4 Å². The number of ether oxygens (including phenoxy) is 3. The minimum absolute atomic E-state index is 0. The second-order valence-electron chi connectivity index (χ2n) is 5.35. The Morgan fingerprint density at radius 2 is 1.29 bits per heavy atom. The molecule has 0 N–H and O–H groups in total. The molecular formula is C17H26KNO9. The van der Waals surface area contributed by atoms with Crippen LogP contribution >= 0.6 is 0 Å². The second-order valence-corrected chi connectivity index (χ2v) is 5.35. The Morgan fingerprint density at radius 3 is 1.68 bits per heavy atom. The van der Waals surface area contributed by atoms with Gasteiger partial charge in [-0.3, -0.25) is 19.2 Å². The van der Waals surface area contributed by atoms with Gasteiger partial charge in [0.1, 0.15) is 18.9 Å². The van der Waals surface area contributed by atoms with E-state index in [1.165, 1.54) is 0 Å². The zero-order valence-electron chi connectivity index (χ0n) is 16.9. The fourth-order valence-electron chi connectivity index (χ4n) is 2.33. The van der Waals surface area contributed by atoms with Crippen molar-refractivity contribution < 1.29 is 94.7 Å². The summed E-state index contributed by atoms with van der Waals surface area (Å²) in [5.41, 5.74) is 0. The largest absolute Gasteiger partial charge is 1.00 e. The van der Waals surface area contributed by atoms with Crippen molar-refractivity contribution in [3.8, 4) is 0 Å². The van der Waals surface area contributed by atoms with Crippen molar-refractivity contribution in [3.63, 3.8) is 0 Å². The molecule has 0 spiro atoms. The third-order valence-corrected chi connectivity index (χ3v) is 3.38. The number of Topliss-reactive ketones (excluding diaryl/α,β-unsaturated/α-hetero) is 1. The number of ketones is 1. The first-order valence-corrected chi connectivity index (χ1v) is 8.73. The van der Waals surface area contributed by atoms with Crippen molar-refractivity contribution in [2.45, 2.75) is 52.5 Å². The van der Waals surface area contributed by atoms with Gasteiger partial charge in [-0.05, 0) is 33.6 Å². The molecule has 0 aromatic rings. The summed E-state index contributed by atoms with van der Waals surface area (Å²) in [6.45, 7) is 6.09. The monoisotopic (exact) mass is 427 g/mol. The number of amides is 1. The standard InChI is InChI=1S/C10H15NO5.C7H12O4.K/c1-2-16-9(13)6-8(12)7-4-3-5-11(7)10(14)15;1-3-10-6(8)5-7(9)11-4-2;/h7H,2-6H2,1H3,(H,14,15);3-5H2,1-2H3;/q;;+1/p-1/t7-;;/m0../s1. The van der Waals surface area contributed by atoms with Gasteiger partial charge in [0.2, 0.25) is 0 Å². The summed E-state index contributed by atoms with van der Waals surface area (Å²) in [6, 6.07) is -0.741. The summed E-state index contributed by atoms with van der Waals surface area (Å²) in [5, 5.41) is 10.7. The van der Waals surface area contributed by atoms with Crippen molar-refractivity contribution in [2.24, 2.45) is 0 Å². The van der Waals surface area contributed by atoms with Crippen molar-refractivity contribution >= 4 is 29.8 Å². The fraction of sp³-hybridized carbons (Fsp3) is 0.706. The molecule has 0 unspecified atom stereocenters. The van der Waals surface area contributed by atoms with Crippen LogP contribution in [-0.2, 0) is 33.4 Å². The van der Waals surface area contributed by atoms with Crippen LogP contribution < -0.4 is 56.5 Å². The number of likely N-dealkylation sites (tertiary alicyclic amines) is 1. The summed E-state index contributed by atoms with van der Waals surface area (Å²) < 4.78 is 13.7. The molecule has 0 radical (unpaired) electrons. The predicted molar refractivity (Wildman–Crippen MR) is 89.3 cm³/mol. The maximum absolute atomic E-state index is 11.6. The number of carboxylic acid groups (broad SMARTS) is 1. The number of hydrogen-bond acceptors (Lipinski definition) is 9. The van der Waals surface area contributed by atoms with Crippen LogP contribution in [0.15, 0.2) is 0 Å². The van der Waals surface area contributed by atoms with E-state index in [9.17, 15) is 29.1 Å². The minimum Gasteiger partial charge on any atom is -0.530 e. The molecule has 0 aliphatic carbocycles. The first-order valence-electron chi connectivity index (χ1n) is 8.73. The Kier molecular flexibility index (Phi) is 17.6. The molecule has 1 fully saturated rings. The summed E-state index contributed by atoms with van der Waals surface area (Å²) in [4.78, 5) is 55.5. The number of carbonyl (C=O) groups is 5. The normalized spacial score (nSPS) is 14.7. The number of nitrogens with zero attached hydrogens (tertiary/aromatic N) is 1. The second kappa shape index (κ2) is 16.9. The average Bonchev–Trinajstić information content (AvgIpc) is 3.06. The molecule has 154 valence electrons. The van der Waals surface area contributed by atoms with E-state index < -0.39 is 35.8 Å². The van der Waals surface area contributed by atoms with E-state index in [4.69, 9.17) is 0 Å². The van der Waals surface area contributed by atoms with E-state index in [2.05, 4.69) is 14.2 Å². The number of esters is 3. The van der Waals surface area contributed by atoms with Crippen LogP contribution in [0.5, 0.6) is 0 Å². The van der Waals surface area contributed by atoms with E-state index in [0.717, 1.165) is 4.90 Å². The van der Waals surface area contributed by atoms with Crippen LogP contribution in [0.3, 0.4) is 0 Å². The van der Waals surface area contributed by atoms with E-state index in [0.29, 0.717) is 19.4 Å². The van der Waals surface area contributed by atoms with Gasteiger partial charge in [-0.2, -0.15) is 0 Å². The van der Waals surface area contributed by atoms with Crippen LogP contribution in [0.25, 0.3) is 0 Å². The molecule has 1 saturated heterocycles. The molecule has 1 aliphatic rings. The molecule has 28 heavy (non-hydrogen) atoms. The smallest absolute Gasteiger partial charge is 0.530 e. The van der Waals surface area contributed by atoms with Crippen LogP contribution in [-0.4, -0.2) is 67.1 Å². The molecule has 1 amide bonds. The maximum Gasteiger partial charge on any atom is 1.00 e. The fourth-order valence-corrected chi connectivity index (χ4v) is 2.33. The van der Waals surface area contributed by atoms with Gasteiger partial charge in [0, 0.05) is 6.54 Å². The zero-order valence-corrected chi connectivity index (χ0v) is 20.0. The summed E-state index contributed by atoms with van der Waals surface area (Å²) >= 11 is 0. The zero-order chi connectivity index (χ0) is 20.8. The third kappa shape index (κ3) is 12.4. The van der Waals surface area contributed by atoms with Crippen LogP contribution in [0.1, 0.15) is 46.5 Å². The molecule has 11 heteroatoms. The van der Waals surface area contributed by atoms with Crippen molar-refractivity contribution in [1.29, 1.82) is 0 Å². The molecular weight excluding hydrogens is 401 g/mol. The Hall–Kier alpha value is -1.01. The molecule has 0 aromatic carbocycles. The Balaban J connectivity index is 0.